The Labute approximate surface area is 154 Å². The van der Waals surface area contributed by atoms with Crippen LogP contribution < -0.4 is 15.5 Å². The first-order valence-corrected chi connectivity index (χ1v) is 8.26. The Bertz CT molecular complexity index is 895. The number of nitro benzene ring substituents is 2. The van der Waals surface area contributed by atoms with E-state index in [-0.39, 0.29) is 5.69 Å². The van der Waals surface area contributed by atoms with E-state index in [2.05, 4.69) is 15.5 Å². The molecule has 0 saturated carbocycles. The van der Waals surface area contributed by atoms with Gasteiger partial charge in [0.05, 0.1) is 15.4 Å². The number of amides is 1. The van der Waals surface area contributed by atoms with Crippen molar-refractivity contribution in [2.45, 2.75) is 0 Å². The number of piperazine rings is 1. The van der Waals surface area contributed by atoms with Crippen LogP contribution in [0.5, 0.6) is 0 Å². The quantitative estimate of drug-likeness (QED) is 0.608. The van der Waals surface area contributed by atoms with E-state index < -0.39 is 27.1 Å². The standard InChI is InChI=1S/C17H17N5O5/c23-17(13-3-1-2-4-14(13)20-9-7-18-8-10-20)19-12-5-6-15(21(24)25)16(11-12)22(26)27/h1-6,11,18H,7-10H2,(H,19,23). The molecule has 27 heavy (non-hydrogen) atoms. The number of hydrogen-bond donors (Lipinski definition) is 2. The van der Waals surface area contributed by atoms with Crippen LogP contribution in [0.25, 0.3) is 0 Å². The van der Waals surface area contributed by atoms with E-state index >= 15 is 0 Å². The van der Waals surface area contributed by atoms with Crippen LogP contribution in [0.4, 0.5) is 22.7 Å². The third-order valence-corrected chi connectivity index (χ3v) is 4.23. The van der Waals surface area contributed by atoms with Gasteiger partial charge in [0.25, 0.3) is 5.91 Å². The van der Waals surface area contributed by atoms with Gasteiger partial charge in [0.1, 0.15) is 0 Å². The molecular weight excluding hydrogens is 354 g/mol. The van der Waals surface area contributed by atoms with Gasteiger partial charge in [0.15, 0.2) is 0 Å². The molecule has 0 bridgehead atoms. The van der Waals surface area contributed by atoms with Crippen LogP contribution in [0.3, 0.4) is 0 Å². The van der Waals surface area contributed by atoms with E-state index in [0.29, 0.717) is 5.56 Å². The third kappa shape index (κ3) is 4.01. The summed E-state index contributed by atoms with van der Waals surface area (Å²) < 4.78 is 0. The maximum absolute atomic E-state index is 12.7. The summed E-state index contributed by atoms with van der Waals surface area (Å²) in [5.74, 6) is -0.438. The highest BCUT2D eigenvalue weighted by Gasteiger charge is 2.25. The molecule has 0 spiro atoms. The van der Waals surface area contributed by atoms with Crippen molar-refractivity contribution in [3.05, 3.63) is 68.3 Å². The molecule has 1 heterocycles. The molecule has 1 fully saturated rings. The average molecular weight is 371 g/mol. The lowest BCUT2D eigenvalue weighted by molar-refractivity contribution is -0.422. The van der Waals surface area contributed by atoms with E-state index in [4.69, 9.17) is 0 Å². The Morgan fingerprint density at radius 2 is 1.67 bits per heavy atom. The summed E-state index contributed by atoms with van der Waals surface area (Å²) in [6.45, 7) is 3.13. The van der Waals surface area contributed by atoms with Gasteiger partial charge in [-0.05, 0) is 18.2 Å². The monoisotopic (exact) mass is 371 g/mol. The number of benzene rings is 2. The topological polar surface area (TPSA) is 131 Å². The summed E-state index contributed by atoms with van der Waals surface area (Å²) in [4.78, 5) is 35.1. The second kappa shape index (κ2) is 7.79. The van der Waals surface area contributed by atoms with Gasteiger partial charge in [-0.1, -0.05) is 12.1 Å². The first kappa shape index (κ1) is 18.3. The van der Waals surface area contributed by atoms with Crippen molar-refractivity contribution in [1.82, 2.24) is 5.32 Å². The van der Waals surface area contributed by atoms with Crippen molar-refractivity contribution in [3.8, 4) is 0 Å². The lowest BCUT2D eigenvalue weighted by Crippen LogP contribution is -2.44. The Hall–Kier alpha value is -3.53. The Morgan fingerprint density at radius 3 is 2.33 bits per heavy atom. The minimum atomic E-state index is -0.845. The van der Waals surface area contributed by atoms with Gasteiger partial charge in [0, 0.05) is 49.7 Å². The van der Waals surface area contributed by atoms with Crippen molar-refractivity contribution in [3.63, 3.8) is 0 Å². The van der Waals surface area contributed by atoms with Gasteiger partial charge in [0.2, 0.25) is 0 Å². The molecule has 2 N–H and O–H groups in total. The maximum atomic E-state index is 12.7. The smallest absolute Gasteiger partial charge is 0.348 e. The van der Waals surface area contributed by atoms with E-state index in [1.54, 1.807) is 12.1 Å². The number of anilines is 2. The highest BCUT2D eigenvalue weighted by atomic mass is 16.6. The predicted octanol–water partition coefficient (Wildman–Crippen LogP) is 2.16. The summed E-state index contributed by atoms with van der Waals surface area (Å²) in [6.07, 6.45) is 0. The van der Waals surface area contributed by atoms with Crippen LogP contribution >= 0.6 is 0 Å². The number of nitrogens with zero attached hydrogens (tertiary/aromatic N) is 3. The molecule has 0 atom stereocenters. The molecule has 0 unspecified atom stereocenters. The number of rotatable bonds is 5. The molecule has 0 radical (unpaired) electrons. The van der Waals surface area contributed by atoms with Crippen molar-refractivity contribution < 1.29 is 14.6 Å². The second-order valence-electron chi connectivity index (χ2n) is 5.93. The first-order chi connectivity index (χ1) is 13.0. The molecule has 3 rings (SSSR count). The molecule has 1 aliphatic heterocycles. The zero-order valence-electron chi connectivity index (χ0n) is 14.3. The zero-order valence-corrected chi connectivity index (χ0v) is 14.3. The summed E-state index contributed by atoms with van der Waals surface area (Å²) in [7, 11) is 0. The summed E-state index contributed by atoms with van der Waals surface area (Å²) in [6, 6.07) is 10.4. The Kier molecular flexibility index (Phi) is 5.27. The maximum Gasteiger partial charge on any atom is 0.348 e. The van der Waals surface area contributed by atoms with Crippen molar-refractivity contribution >= 4 is 28.7 Å². The molecule has 2 aromatic rings. The number of carbonyl (C=O) groups excluding carboxylic acids is 1. The summed E-state index contributed by atoms with van der Waals surface area (Å²) in [5.41, 5.74) is 0.0214. The van der Waals surface area contributed by atoms with E-state index in [0.717, 1.165) is 44.0 Å². The van der Waals surface area contributed by atoms with E-state index in [1.807, 2.05) is 12.1 Å². The van der Waals surface area contributed by atoms with Crippen LogP contribution in [0.1, 0.15) is 10.4 Å². The van der Waals surface area contributed by atoms with Crippen LogP contribution in [-0.4, -0.2) is 41.9 Å². The molecule has 1 aliphatic rings. The summed E-state index contributed by atoms with van der Waals surface area (Å²) in [5, 5.41) is 27.8. The van der Waals surface area contributed by atoms with E-state index in [9.17, 15) is 25.0 Å². The largest absolute Gasteiger partial charge is 0.368 e. The van der Waals surface area contributed by atoms with Gasteiger partial charge in [-0.25, -0.2) is 0 Å². The molecule has 10 nitrogen and oxygen atoms in total. The van der Waals surface area contributed by atoms with Crippen molar-refractivity contribution in [2.24, 2.45) is 0 Å². The molecule has 1 saturated heterocycles. The zero-order chi connectivity index (χ0) is 19.4. The SMILES string of the molecule is O=C(Nc1ccc([N+](=O)[O-])c([N+](=O)[O-])c1)c1ccccc1N1CCNCC1. The van der Waals surface area contributed by atoms with Crippen LogP contribution in [0.2, 0.25) is 0 Å². The fourth-order valence-corrected chi connectivity index (χ4v) is 2.95. The van der Waals surface area contributed by atoms with Gasteiger partial charge >= 0.3 is 11.4 Å². The molecule has 0 aliphatic carbocycles. The number of carbonyl (C=O) groups is 1. The van der Waals surface area contributed by atoms with Gasteiger partial charge in [-0.15, -0.1) is 0 Å². The van der Waals surface area contributed by atoms with Crippen LogP contribution in [0, 0.1) is 20.2 Å². The molecule has 1 amide bonds. The highest BCUT2D eigenvalue weighted by molar-refractivity contribution is 6.08. The molecular formula is C17H17N5O5. The number of nitro groups is 2. The highest BCUT2D eigenvalue weighted by Crippen LogP contribution is 2.30. The second-order valence-corrected chi connectivity index (χ2v) is 5.93. The number of nitrogens with one attached hydrogen (secondary N) is 2. The van der Waals surface area contributed by atoms with Crippen molar-refractivity contribution in [1.29, 1.82) is 0 Å². The number of para-hydroxylation sites is 1. The number of hydrogen-bond acceptors (Lipinski definition) is 7. The fourth-order valence-electron chi connectivity index (χ4n) is 2.95. The van der Waals surface area contributed by atoms with E-state index in [1.165, 1.54) is 6.07 Å². The normalized spacial score (nSPS) is 13.9. The fraction of sp³-hybridized carbons (Fsp3) is 0.235. The molecule has 2 aromatic carbocycles. The van der Waals surface area contributed by atoms with Crippen LogP contribution in [0.15, 0.2) is 42.5 Å². The molecule has 10 heteroatoms. The minimum absolute atomic E-state index is 0.118. The lowest BCUT2D eigenvalue weighted by atomic mass is 10.1. The average Bonchev–Trinajstić information content (AvgIpc) is 2.68. The molecule has 140 valence electrons. The van der Waals surface area contributed by atoms with Crippen molar-refractivity contribution in [2.75, 3.05) is 36.4 Å². The lowest BCUT2D eigenvalue weighted by Gasteiger charge is -2.30. The first-order valence-electron chi connectivity index (χ1n) is 8.26. The third-order valence-electron chi connectivity index (χ3n) is 4.23. The summed E-state index contributed by atoms with van der Waals surface area (Å²) >= 11 is 0. The Balaban J connectivity index is 1.87. The molecule has 0 aromatic heterocycles. The minimum Gasteiger partial charge on any atom is -0.368 e. The van der Waals surface area contributed by atoms with Gasteiger partial charge in [-0.2, -0.15) is 0 Å². The van der Waals surface area contributed by atoms with Crippen LogP contribution in [-0.2, 0) is 0 Å². The van der Waals surface area contributed by atoms with Gasteiger partial charge < -0.3 is 15.5 Å². The predicted molar refractivity (Wildman–Crippen MR) is 99.2 cm³/mol. The van der Waals surface area contributed by atoms with Gasteiger partial charge in [-0.3, -0.25) is 25.0 Å². The Morgan fingerprint density at radius 1 is 1.00 bits per heavy atom.